The number of nitrogens with one attached hydrogen (secondary N) is 1. The third-order valence-corrected chi connectivity index (χ3v) is 5.54. The SMILES string of the molecule is C=CCOc1ccc(C(=O)N/N=C/c2cc(Br)cc(Br)c2OCc2ccccc2)cc1OCC. The van der Waals surface area contributed by atoms with Crippen LogP contribution in [0.15, 0.2) is 87.4 Å². The van der Waals surface area contributed by atoms with Gasteiger partial charge in [-0.15, -0.1) is 0 Å². The Hall–Kier alpha value is -3.10. The summed E-state index contributed by atoms with van der Waals surface area (Å²) in [5, 5.41) is 4.13. The molecule has 8 heteroatoms. The lowest BCUT2D eigenvalue weighted by molar-refractivity contribution is 0.0954. The zero-order valence-corrected chi connectivity index (χ0v) is 21.8. The highest BCUT2D eigenvalue weighted by molar-refractivity contribution is 9.11. The summed E-state index contributed by atoms with van der Waals surface area (Å²) in [6, 6.07) is 18.6. The molecular formula is C26H24Br2N2O4. The number of amides is 1. The summed E-state index contributed by atoms with van der Waals surface area (Å²) in [6.45, 7) is 6.68. The van der Waals surface area contributed by atoms with Crippen molar-refractivity contribution in [3.05, 3.63) is 99.0 Å². The van der Waals surface area contributed by atoms with E-state index in [0.29, 0.717) is 48.2 Å². The predicted molar refractivity (Wildman–Crippen MR) is 141 cm³/mol. The number of benzene rings is 3. The minimum atomic E-state index is -0.381. The van der Waals surface area contributed by atoms with Crippen LogP contribution in [-0.4, -0.2) is 25.3 Å². The molecule has 0 heterocycles. The maximum atomic E-state index is 12.7. The Bertz CT molecular complexity index is 1170. The van der Waals surface area contributed by atoms with E-state index in [9.17, 15) is 4.79 Å². The van der Waals surface area contributed by atoms with Gasteiger partial charge in [-0.2, -0.15) is 5.10 Å². The molecule has 0 spiro atoms. The summed E-state index contributed by atoms with van der Waals surface area (Å²) < 4.78 is 18.8. The van der Waals surface area contributed by atoms with Crippen LogP contribution in [0.3, 0.4) is 0 Å². The molecule has 3 aromatic carbocycles. The number of nitrogens with zero attached hydrogens (tertiary/aromatic N) is 1. The van der Waals surface area contributed by atoms with Crippen molar-refractivity contribution in [2.75, 3.05) is 13.2 Å². The topological polar surface area (TPSA) is 69.2 Å². The second-order valence-corrected chi connectivity index (χ2v) is 8.74. The smallest absolute Gasteiger partial charge is 0.271 e. The maximum absolute atomic E-state index is 12.7. The number of carbonyl (C=O) groups is 1. The van der Waals surface area contributed by atoms with Crippen LogP contribution < -0.4 is 19.6 Å². The first kappa shape index (κ1) is 25.5. The van der Waals surface area contributed by atoms with Crippen molar-refractivity contribution in [1.29, 1.82) is 0 Å². The lowest BCUT2D eigenvalue weighted by Gasteiger charge is -2.12. The van der Waals surface area contributed by atoms with Crippen LogP contribution in [0.25, 0.3) is 0 Å². The zero-order valence-electron chi connectivity index (χ0n) is 18.6. The van der Waals surface area contributed by atoms with Crippen molar-refractivity contribution in [1.82, 2.24) is 5.43 Å². The quantitative estimate of drug-likeness (QED) is 0.158. The van der Waals surface area contributed by atoms with Gasteiger partial charge in [-0.25, -0.2) is 5.43 Å². The third-order valence-electron chi connectivity index (χ3n) is 4.50. The maximum Gasteiger partial charge on any atom is 0.271 e. The molecule has 6 nitrogen and oxygen atoms in total. The third kappa shape index (κ3) is 7.20. The molecule has 0 bridgehead atoms. The predicted octanol–water partition coefficient (Wildman–Crippen LogP) is 6.52. The van der Waals surface area contributed by atoms with Crippen LogP contribution in [0.5, 0.6) is 17.2 Å². The summed E-state index contributed by atoms with van der Waals surface area (Å²) in [7, 11) is 0. The summed E-state index contributed by atoms with van der Waals surface area (Å²) >= 11 is 7.02. The Labute approximate surface area is 215 Å². The minimum Gasteiger partial charge on any atom is -0.490 e. The van der Waals surface area contributed by atoms with Crippen LogP contribution in [0.1, 0.15) is 28.4 Å². The number of hydrazone groups is 1. The fourth-order valence-corrected chi connectivity index (χ4v) is 4.34. The lowest BCUT2D eigenvalue weighted by Crippen LogP contribution is -2.18. The van der Waals surface area contributed by atoms with Gasteiger partial charge in [0.25, 0.3) is 5.91 Å². The Morgan fingerprint density at radius 1 is 1.03 bits per heavy atom. The average molecular weight is 588 g/mol. The van der Waals surface area contributed by atoms with Crippen molar-refractivity contribution in [3.63, 3.8) is 0 Å². The van der Waals surface area contributed by atoms with Gasteiger partial charge in [0, 0.05) is 15.6 Å². The van der Waals surface area contributed by atoms with E-state index in [-0.39, 0.29) is 5.91 Å². The van der Waals surface area contributed by atoms with Crippen LogP contribution >= 0.6 is 31.9 Å². The molecule has 0 aromatic heterocycles. The number of ether oxygens (including phenoxy) is 3. The molecule has 3 rings (SSSR count). The summed E-state index contributed by atoms with van der Waals surface area (Å²) in [4.78, 5) is 12.7. The largest absolute Gasteiger partial charge is 0.490 e. The Morgan fingerprint density at radius 2 is 1.82 bits per heavy atom. The van der Waals surface area contributed by atoms with E-state index < -0.39 is 0 Å². The van der Waals surface area contributed by atoms with Crippen molar-refractivity contribution >= 4 is 44.0 Å². The lowest BCUT2D eigenvalue weighted by atomic mass is 10.2. The molecule has 34 heavy (non-hydrogen) atoms. The molecule has 0 aliphatic rings. The van der Waals surface area contributed by atoms with Crippen LogP contribution in [-0.2, 0) is 6.61 Å². The molecule has 0 radical (unpaired) electrons. The summed E-state index contributed by atoms with van der Waals surface area (Å²) in [5.74, 6) is 1.26. The van der Waals surface area contributed by atoms with E-state index >= 15 is 0 Å². The van der Waals surface area contributed by atoms with E-state index in [1.165, 1.54) is 0 Å². The molecule has 1 amide bonds. The Balaban J connectivity index is 1.73. The monoisotopic (exact) mass is 586 g/mol. The number of rotatable bonds is 11. The van der Waals surface area contributed by atoms with Gasteiger partial charge in [0.2, 0.25) is 0 Å². The molecule has 0 saturated carbocycles. The van der Waals surface area contributed by atoms with Gasteiger partial charge >= 0.3 is 0 Å². The molecule has 0 atom stereocenters. The summed E-state index contributed by atoms with van der Waals surface area (Å²) in [5.41, 5.74) is 4.68. The fourth-order valence-electron chi connectivity index (χ4n) is 2.97. The summed E-state index contributed by atoms with van der Waals surface area (Å²) in [6.07, 6.45) is 3.18. The number of carbonyl (C=O) groups excluding carboxylic acids is 1. The minimum absolute atomic E-state index is 0.340. The highest BCUT2D eigenvalue weighted by Gasteiger charge is 2.12. The van der Waals surface area contributed by atoms with Crippen molar-refractivity contribution in [3.8, 4) is 17.2 Å². The molecule has 176 valence electrons. The van der Waals surface area contributed by atoms with Crippen LogP contribution in [0, 0.1) is 0 Å². The van der Waals surface area contributed by atoms with Gasteiger partial charge in [0.1, 0.15) is 19.0 Å². The molecule has 0 saturated heterocycles. The normalized spacial score (nSPS) is 10.7. The molecule has 3 aromatic rings. The zero-order chi connectivity index (χ0) is 24.3. The van der Waals surface area contributed by atoms with E-state index in [0.717, 1.165) is 14.5 Å². The second kappa shape index (κ2) is 13.0. The van der Waals surface area contributed by atoms with Crippen molar-refractivity contribution in [2.24, 2.45) is 5.10 Å². The van der Waals surface area contributed by atoms with E-state index in [1.54, 1.807) is 30.5 Å². The molecule has 0 fully saturated rings. The molecular weight excluding hydrogens is 564 g/mol. The van der Waals surface area contributed by atoms with E-state index in [4.69, 9.17) is 14.2 Å². The van der Waals surface area contributed by atoms with Gasteiger partial charge in [-0.3, -0.25) is 4.79 Å². The fraction of sp³-hybridized carbons (Fsp3) is 0.154. The first-order valence-electron chi connectivity index (χ1n) is 10.5. The number of hydrogen-bond donors (Lipinski definition) is 1. The number of halogens is 2. The standard InChI is InChI=1S/C26H24Br2N2O4/c1-3-12-33-23-11-10-19(14-24(23)32-4-2)26(31)30-29-16-20-13-21(27)15-22(28)25(20)34-17-18-8-6-5-7-9-18/h3,5-11,13-16H,1,4,12,17H2,2H3,(H,30,31)/b29-16+. The van der Waals surface area contributed by atoms with Crippen LogP contribution in [0.4, 0.5) is 0 Å². The Kier molecular flexibility index (Phi) is 9.73. The van der Waals surface area contributed by atoms with Gasteiger partial charge in [0.05, 0.1) is 17.3 Å². The Morgan fingerprint density at radius 3 is 2.56 bits per heavy atom. The number of hydrogen-bond acceptors (Lipinski definition) is 5. The molecule has 1 N–H and O–H groups in total. The van der Waals surface area contributed by atoms with E-state index in [1.807, 2.05) is 49.4 Å². The van der Waals surface area contributed by atoms with Crippen LogP contribution in [0.2, 0.25) is 0 Å². The van der Waals surface area contributed by atoms with Crippen molar-refractivity contribution in [2.45, 2.75) is 13.5 Å². The van der Waals surface area contributed by atoms with Gasteiger partial charge in [-0.1, -0.05) is 58.9 Å². The van der Waals surface area contributed by atoms with Crippen molar-refractivity contribution < 1.29 is 19.0 Å². The first-order chi connectivity index (χ1) is 16.5. The van der Waals surface area contributed by atoms with E-state index in [2.05, 4.69) is 49.0 Å². The second-order valence-electron chi connectivity index (χ2n) is 6.97. The highest BCUT2D eigenvalue weighted by Crippen LogP contribution is 2.33. The highest BCUT2D eigenvalue weighted by atomic mass is 79.9. The first-order valence-corrected chi connectivity index (χ1v) is 12.1. The average Bonchev–Trinajstić information content (AvgIpc) is 2.83. The molecule has 0 aliphatic heterocycles. The van der Waals surface area contributed by atoms with Gasteiger partial charge < -0.3 is 14.2 Å². The molecule has 0 unspecified atom stereocenters. The molecule has 0 aliphatic carbocycles. The van der Waals surface area contributed by atoms with Gasteiger partial charge in [-0.05, 0) is 58.7 Å². The van der Waals surface area contributed by atoms with Gasteiger partial charge in [0.15, 0.2) is 11.5 Å².